The van der Waals surface area contributed by atoms with E-state index in [1.807, 2.05) is 20.8 Å². The highest BCUT2D eigenvalue weighted by Crippen LogP contribution is 2.42. The van der Waals surface area contributed by atoms with Crippen LogP contribution in [0.1, 0.15) is 54.4 Å². The Kier molecular flexibility index (Phi) is 8.94. The van der Waals surface area contributed by atoms with Gasteiger partial charge in [0.15, 0.2) is 14.1 Å². The van der Waals surface area contributed by atoms with E-state index in [9.17, 15) is 4.79 Å². The SMILES string of the molecule is C#CC[C@H](CC(=O)OC)[C@H](OC)[C@@H](O[Si](C)(C)C(C)(C)C)[C@H]1OC(C)(C)O[C@@H]1C. The third kappa shape index (κ3) is 6.80. The van der Waals surface area contributed by atoms with Crippen molar-refractivity contribution in [2.45, 2.75) is 103 Å². The normalized spacial score (nSPS) is 25.1. The molecule has 0 aromatic rings. The Morgan fingerprint density at radius 3 is 2.21 bits per heavy atom. The molecule has 1 heterocycles. The zero-order chi connectivity index (χ0) is 22.6. The first-order chi connectivity index (χ1) is 13.2. The number of terminal acetylenes is 1. The van der Waals surface area contributed by atoms with Crippen LogP contribution in [0.25, 0.3) is 0 Å². The summed E-state index contributed by atoms with van der Waals surface area (Å²) in [6, 6.07) is 0. The minimum Gasteiger partial charge on any atom is -0.469 e. The molecule has 0 unspecified atom stereocenters. The lowest BCUT2D eigenvalue weighted by Gasteiger charge is -2.44. The quantitative estimate of drug-likeness (QED) is 0.312. The van der Waals surface area contributed by atoms with Crippen LogP contribution in [-0.4, -0.2) is 58.7 Å². The summed E-state index contributed by atoms with van der Waals surface area (Å²) in [7, 11) is 0.807. The van der Waals surface area contributed by atoms with Gasteiger partial charge in [0.1, 0.15) is 12.2 Å². The molecule has 0 amide bonds. The van der Waals surface area contributed by atoms with Gasteiger partial charge in [0.05, 0.1) is 25.7 Å². The zero-order valence-electron chi connectivity index (χ0n) is 19.8. The van der Waals surface area contributed by atoms with Gasteiger partial charge in [0, 0.05) is 19.4 Å². The smallest absolute Gasteiger partial charge is 0.305 e. The molecule has 29 heavy (non-hydrogen) atoms. The molecule has 1 saturated heterocycles. The highest BCUT2D eigenvalue weighted by Gasteiger charge is 2.51. The van der Waals surface area contributed by atoms with Gasteiger partial charge in [-0.3, -0.25) is 4.79 Å². The van der Waals surface area contributed by atoms with Crippen molar-refractivity contribution >= 4 is 14.3 Å². The lowest BCUT2D eigenvalue weighted by atomic mass is 9.88. The van der Waals surface area contributed by atoms with E-state index in [-0.39, 0.29) is 35.6 Å². The highest BCUT2D eigenvalue weighted by molar-refractivity contribution is 6.74. The standard InChI is InChI=1S/C22H40O6Si/c1-12-13-16(14-17(23)24-8)19(25-9)20(28-29(10,11)21(3,4)5)18-15(2)26-22(6,7)27-18/h1,15-16,18-20H,13-14H2,2-11H3/t15-,16-,18+,19+,20+/m1/s1. The van der Waals surface area contributed by atoms with Crippen LogP contribution in [0.5, 0.6) is 0 Å². The van der Waals surface area contributed by atoms with Crippen molar-refractivity contribution in [2.75, 3.05) is 14.2 Å². The van der Waals surface area contributed by atoms with Gasteiger partial charge in [0.2, 0.25) is 0 Å². The maximum atomic E-state index is 12.0. The first-order valence-corrected chi connectivity index (χ1v) is 13.2. The fourth-order valence-corrected chi connectivity index (χ4v) is 4.79. The van der Waals surface area contributed by atoms with Crippen molar-refractivity contribution in [3.05, 3.63) is 0 Å². The van der Waals surface area contributed by atoms with Crippen molar-refractivity contribution in [1.29, 1.82) is 0 Å². The molecule has 1 aliphatic rings. The van der Waals surface area contributed by atoms with Crippen LogP contribution in [-0.2, 0) is 28.2 Å². The fourth-order valence-electron chi connectivity index (χ4n) is 3.49. The van der Waals surface area contributed by atoms with E-state index >= 15 is 0 Å². The number of hydrogen-bond donors (Lipinski definition) is 0. The topological polar surface area (TPSA) is 63.2 Å². The molecule has 168 valence electrons. The molecule has 0 N–H and O–H groups in total. The molecule has 0 radical (unpaired) electrons. The molecular formula is C22H40O6Si. The van der Waals surface area contributed by atoms with Crippen molar-refractivity contribution in [2.24, 2.45) is 5.92 Å². The van der Waals surface area contributed by atoms with Gasteiger partial charge < -0.3 is 23.4 Å². The third-order valence-electron chi connectivity index (χ3n) is 6.01. The lowest BCUT2D eigenvalue weighted by molar-refractivity contribution is -0.167. The Balaban J connectivity index is 3.35. The first kappa shape index (κ1) is 26.1. The second kappa shape index (κ2) is 9.93. The number of hydrogen-bond acceptors (Lipinski definition) is 6. The van der Waals surface area contributed by atoms with Crippen molar-refractivity contribution < 1.29 is 28.2 Å². The van der Waals surface area contributed by atoms with E-state index in [2.05, 4.69) is 39.8 Å². The summed E-state index contributed by atoms with van der Waals surface area (Å²) >= 11 is 0. The summed E-state index contributed by atoms with van der Waals surface area (Å²) < 4.78 is 29.9. The molecular weight excluding hydrogens is 388 g/mol. The van der Waals surface area contributed by atoms with Crippen LogP contribution in [0.2, 0.25) is 18.1 Å². The van der Waals surface area contributed by atoms with Crippen molar-refractivity contribution in [1.82, 2.24) is 0 Å². The van der Waals surface area contributed by atoms with Gasteiger partial charge >= 0.3 is 5.97 Å². The van der Waals surface area contributed by atoms with Crippen LogP contribution in [0.3, 0.4) is 0 Å². The lowest BCUT2D eigenvalue weighted by Crippen LogP contribution is -2.55. The predicted molar refractivity (Wildman–Crippen MR) is 116 cm³/mol. The molecule has 1 fully saturated rings. The van der Waals surface area contributed by atoms with E-state index in [4.69, 9.17) is 29.8 Å². The molecule has 6 nitrogen and oxygen atoms in total. The predicted octanol–water partition coefficient (Wildman–Crippen LogP) is 4.13. The maximum absolute atomic E-state index is 12.0. The van der Waals surface area contributed by atoms with E-state index in [0.29, 0.717) is 6.42 Å². The largest absolute Gasteiger partial charge is 0.469 e. The molecule has 1 rings (SSSR count). The Labute approximate surface area is 178 Å². The van der Waals surface area contributed by atoms with Crippen molar-refractivity contribution in [3.63, 3.8) is 0 Å². The number of methoxy groups -OCH3 is 2. The van der Waals surface area contributed by atoms with Gasteiger partial charge in [-0.15, -0.1) is 12.3 Å². The molecule has 1 aliphatic heterocycles. The van der Waals surface area contributed by atoms with Crippen LogP contribution >= 0.6 is 0 Å². The average Bonchev–Trinajstić information content (AvgIpc) is 2.85. The molecule has 0 aromatic carbocycles. The summed E-state index contributed by atoms with van der Waals surface area (Å²) in [6.45, 7) is 16.7. The van der Waals surface area contributed by atoms with Gasteiger partial charge in [-0.05, 0) is 38.9 Å². The van der Waals surface area contributed by atoms with Crippen LogP contribution in [0, 0.1) is 18.3 Å². The van der Waals surface area contributed by atoms with E-state index in [1.54, 1.807) is 7.11 Å². The zero-order valence-corrected chi connectivity index (χ0v) is 20.8. The van der Waals surface area contributed by atoms with Crippen LogP contribution in [0.4, 0.5) is 0 Å². The Morgan fingerprint density at radius 2 is 1.83 bits per heavy atom. The molecule has 0 saturated carbocycles. The summed E-state index contributed by atoms with van der Waals surface area (Å²) in [4.78, 5) is 12.0. The van der Waals surface area contributed by atoms with E-state index < -0.39 is 26.3 Å². The fraction of sp³-hybridized carbons (Fsp3) is 0.864. The Bertz CT molecular complexity index is 589. The number of rotatable bonds is 9. The first-order valence-electron chi connectivity index (χ1n) is 10.3. The molecule has 0 aliphatic carbocycles. The van der Waals surface area contributed by atoms with Gasteiger partial charge in [0.25, 0.3) is 0 Å². The van der Waals surface area contributed by atoms with Crippen LogP contribution in [0.15, 0.2) is 0 Å². The van der Waals surface area contributed by atoms with E-state index in [1.165, 1.54) is 7.11 Å². The molecule has 0 bridgehead atoms. The van der Waals surface area contributed by atoms with E-state index in [0.717, 1.165) is 0 Å². The van der Waals surface area contributed by atoms with Gasteiger partial charge in [-0.1, -0.05) is 20.8 Å². The third-order valence-corrected chi connectivity index (χ3v) is 10.5. The minimum atomic E-state index is -2.19. The second-order valence-electron chi connectivity index (χ2n) is 9.80. The van der Waals surface area contributed by atoms with Gasteiger partial charge in [-0.2, -0.15) is 0 Å². The van der Waals surface area contributed by atoms with Gasteiger partial charge in [-0.25, -0.2) is 0 Å². The van der Waals surface area contributed by atoms with Crippen LogP contribution < -0.4 is 0 Å². The summed E-state index contributed by atoms with van der Waals surface area (Å²) in [5, 5.41) is -0.00821. The molecule has 0 aromatic heterocycles. The summed E-state index contributed by atoms with van der Waals surface area (Å²) in [5.74, 6) is 1.37. The Hall–Kier alpha value is -0.913. The monoisotopic (exact) mass is 428 g/mol. The maximum Gasteiger partial charge on any atom is 0.305 e. The highest BCUT2D eigenvalue weighted by atomic mass is 28.4. The number of carbonyl (C=O) groups excluding carboxylic acids is 1. The summed E-state index contributed by atoms with van der Waals surface area (Å²) in [5.41, 5.74) is 0. The molecule has 0 spiro atoms. The molecule has 7 heteroatoms. The average molecular weight is 429 g/mol. The summed E-state index contributed by atoms with van der Waals surface area (Å²) in [6.07, 6.45) is 4.73. The number of carbonyl (C=O) groups is 1. The minimum absolute atomic E-state index is 0.00821. The number of ether oxygens (including phenoxy) is 4. The second-order valence-corrected chi connectivity index (χ2v) is 14.6. The Morgan fingerprint density at radius 1 is 1.24 bits per heavy atom. The number of esters is 1. The molecule has 5 atom stereocenters. The van der Waals surface area contributed by atoms with Crippen molar-refractivity contribution in [3.8, 4) is 12.3 Å².